The monoisotopic (exact) mass is 280 g/mol. The molecule has 1 atom stereocenters. The number of nitrogens with zero attached hydrogens (tertiary/aromatic N) is 1. The maximum absolute atomic E-state index is 11.8. The number of carbonyl (C=O) groups excluding carboxylic acids is 1. The van der Waals surface area contributed by atoms with Crippen LogP contribution in [0.25, 0.3) is 0 Å². The number of methoxy groups -OCH3 is 1. The SMILES string of the molecule is COC(C)CNC(=O)N(C)Cc1ccc(C(=O)O)cc1. The van der Waals surface area contributed by atoms with Crippen LogP contribution in [0.5, 0.6) is 0 Å². The van der Waals surface area contributed by atoms with Crippen LogP contribution in [-0.4, -0.2) is 48.8 Å². The average Bonchev–Trinajstić information content (AvgIpc) is 2.44. The molecule has 1 unspecified atom stereocenters. The molecule has 0 bridgehead atoms. The highest BCUT2D eigenvalue weighted by Gasteiger charge is 2.10. The van der Waals surface area contributed by atoms with E-state index in [0.29, 0.717) is 13.1 Å². The lowest BCUT2D eigenvalue weighted by Gasteiger charge is -2.19. The van der Waals surface area contributed by atoms with Crippen LogP contribution in [0.15, 0.2) is 24.3 Å². The summed E-state index contributed by atoms with van der Waals surface area (Å²) in [4.78, 5) is 24.1. The molecule has 6 heteroatoms. The first-order valence-corrected chi connectivity index (χ1v) is 6.28. The van der Waals surface area contributed by atoms with Gasteiger partial charge in [0.2, 0.25) is 0 Å². The summed E-state index contributed by atoms with van der Waals surface area (Å²) in [6, 6.07) is 6.25. The van der Waals surface area contributed by atoms with Crippen molar-refractivity contribution in [2.24, 2.45) is 0 Å². The van der Waals surface area contributed by atoms with E-state index < -0.39 is 5.97 Å². The molecule has 20 heavy (non-hydrogen) atoms. The molecule has 0 fully saturated rings. The third-order valence-corrected chi connectivity index (χ3v) is 2.91. The predicted octanol–water partition coefficient (Wildman–Crippen LogP) is 1.56. The average molecular weight is 280 g/mol. The highest BCUT2D eigenvalue weighted by Crippen LogP contribution is 2.07. The van der Waals surface area contributed by atoms with Crippen LogP contribution >= 0.6 is 0 Å². The third-order valence-electron chi connectivity index (χ3n) is 2.91. The molecule has 1 aromatic carbocycles. The van der Waals surface area contributed by atoms with Crippen molar-refractivity contribution < 1.29 is 19.4 Å². The first-order chi connectivity index (χ1) is 9.43. The maximum Gasteiger partial charge on any atom is 0.335 e. The van der Waals surface area contributed by atoms with Crippen LogP contribution in [0, 0.1) is 0 Å². The van der Waals surface area contributed by atoms with E-state index >= 15 is 0 Å². The van der Waals surface area contributed by atoms with Gasteiger partial charge in [-0.15, -0.1) is 0 Å². The van der Waals surface area contributed by atoms with Crippen molar-refractivity contribution in [3.8, 4) is 0 Å². The van der Waals surface area contributed by atoms with Crippen molar-refractivity contribution >= 4 is 12.0 Å². The summed E-state index contributed by atoms with van der Waals surface area (Å²) in [5.41, 5.74) is 1.10. The second-order valence-electron chi connectivity index (χ2n) is 4.59. The van der Waals surface area contributed by atoms with Crippen molar-refractivity contribution in [1.29, 1.82) is 0 Å². The van der Waals surface area contributed by atoms with Crippen LogP contribution in [0.2, 0.25) is 0 Å². The Balaban J connectivity index is 2.50. The Bertz CT molecular complexity index is 459. The Morgan fingerprint density at radius 2 is 1.95 bits per heavy atom. The van der Waals surface area contributed by atoms with Gasteiger partial charge in [0.1, 0.15) is 0 Å². The van der Waals surface area contributed by atoms with Crippen molar-refractivity contribution in [2.75, 3.05) is 20.7 Å². The number of amides is 2. The van der Waals surface area contributed by atoms with Gasteiger partial charge in [-0.2, -0.15) is 0 Å². The molecule has 0 aromatic heterocycles. The molecule has 6 nitrogen and oxygen atoms in total. The van der Waals surface area contributed by atoms with Crippen molar-refractivity contribution in [3.63, 3.8) is 0 Å². The van der Waals surface area contributed by atoms with Gasteiger partial charge in [0, 0.05) is 27.2 Å². The molecule has 0 radical (unpaired) electrons. The highest BCUT2D eigenvalue weighted by atomic mass is 16.5. The lowest BCUT2D eigenvalue weighted by Crippen LogP contribution is -2.40. The Morgan fingerprint density at radius 1 is 1.35 bits per heavy atom. The zero-order valence-corrected chi connectivity index (χ0v) is 11.9. The summed E-state index contributed by atoms with van der Waals surface area (Å²) in [5.74, 6) is -0.962. The first kappa shape index (κ1) is 16.0. The number of hydrogen-bond donors (Lipinski definition) is 2. The Morgan fingerprint density at radius 3 is 2.45 bits per heavy atom. The van der Waals surface area contributed by atoms with Crippen LogP contribution in [0.3, 0.4) is 0 Å². The van der Waals surface area contributed by atoms with Gasteiger partial charge in [0.15, 0.2) is 0 Å². The van der Waals surface area contributed by atoms with Crippen LogP contribution in [0.4, 0.5) is 4.79 Å². The summed E-state index contributed by atoms with van der Waals surface area (Å²) in [6.07, 6.45) is -0.0396. The van der Waals surface area contributed by atoms with Gasteiger partial charge >= 0.3 is 12.0 Å². The summed E-state index contributed by atoms with van der Waals surface area (Å²) in [5, 5.41) is 11.6. The molecule has 2 N–H and O–H groups in total. The number of benzene rings is 1. The van der Waals surface area contributed by atoms with E-state index in [9.17, 15) is 9.59 Å². The van der Waals surface area contributed by atoms with E-state index in [0.717, 1.165) is 5.56 Å². The van der Waals surface area contributed by atoms with Gasteiger partial charge in [-0.1, -0.05) is 12.1 Å². The molecule has 2 amide bonds. The standard InChI is InChI=1S/C14H20N2O4/c1-10(20-3)8-15-14(19)16(2)9-11-4-6-12(7-5-11)13(17)18/h4-7,10H,8-9H2,1-3H3,(H,15,19)(H,17,18). The molecule has 0 saturated heterocycles. The van der Waals surface area contributed by atoms with E-state index in [-0.39, 0.29) is 17.7 Å². The van der Waals surface area contributed by atoms with E-state index in [1.165, 1.54) is 17.0 Å². The van der Waals surface area contributed by atoms with Gasteiger partial charge in [0.25, 0.3) is 0 Å². The summed E-state index contributed by atoms with van der Waals surface area (Å²) < 4.78 is 5.05. The minimum atomic E-state index is -0.962. The number of carboxylic acids is 1. The van der Waals surface area contributed by atoms with Gasteiger partial charge in [-0.25, -0.2) is 9.59 Å². The highest BCUT2D eigenvalue weighted by molar-refractivity contribution is 5.87. The van der Waals surface area contributed by atoms with E-state index in [1.807, 2.05) is 6.92 Å². The van der Waals surface area contributed by atoms with E-state index in [4.69, 9.17) is 9.84 Å². The zero-order chi connectivity index (χ0) is 15.1. The van der Waals surface area contributed by atoms with Gasteiger partial charge in [0.05, 0.1) is 11.7 Å². The number of rotatable bonds is 6. The molecule has 1 aromatic rings. The van der Waals surface area contributed by atoms with Crippen LogP contribution in [-0.2, 0) is 11.3 Å². The Kier molecular flexibility index (Phi) is 5.99. The van der Waals surface area contributed by atoms with Gasteiger partial charge in [-0.05, 0) is 24.6 Å². The molecule has 0 spiro atoms. The minimum absolute atomic E-state index is 0.0396. The van der Waals surface area contributed by atoms with Crippen molar-refractivity contribution in [1.82, 2.24) is 10.2 Å². The van der Waals surface area contributed by atoms with Crippen molar-refractivity contribution in [2.45, 2.75) is 19.6 Å². The normalized spacial score (nSPS) is 11.8. The lowest BCUT2D eigenvalue weighted by atomic mass is 10.1. The molecule has 110 valence electrons. The molecule has 0 heterocycles. The fraction of sp³-hybridized carbons (Fsp3) is 0.429. The minimum Gasteiger partial charge on any atom is -0.478 e. The third kappa shape index (κ3) is 4.89. The van der Waals surface area contributed by atoms with E-state index in [2.05, 4.69) is 5.32 Å². The fourth-order valence-corrected chi connectivity index (χ4v) is 1.55. The Hall–Kier alpha value is -2.08. The van der Waals surface area contributed by atoms with Crippen LogP contribution in [0.1, 0.15) is 22.8 Å². The maximum atomic E-state index is 11.8. The summed E-state index contributed by atoms with van der Waals surface area (Å²) >= 11 is 0. The number of nitrogens with one attached hydrogen (secondary N) is 1. The number of carboxylic acid groups (broad SMARTS) is 1. The predicted molar refractivity (Wildman–Crippen MR) is 74.7 cm³/mol. The summed E-state index contributed by atoms with van der Waals surface area (Å²) in [6.45, 7) is 2.72. The molecule has 0 aliphatic carbocycles. The molecule has 0 saturated carbocycles. The number of aromatic carboxylic acids is 1. The number of ether oxygens (including phenoxy) is 1. The number of hydrogen-bond acceptors (Lipinski definition) is 3. The molecular formula is C14H20N2O4. The zero-order valence-electron chi connectivity index (χ0n) is 11.9. The molecule has 0 aliphatic rings. The smallest absolute Gasteiger partial charge is 0.335 e. The van der Waals surface area contributed by atoms with Crippen molar-refractivity contribution in [3.05, 3.63) is 35.4 Å². The second-order valence-corrected chi connectivity index (χ2v) is 4.59. The topological polar surface area (TPSA) is 78.9 Å². The van der Waals surface area contributed by atoms with E-state index in [1.54, 1.807) is 26.3 Å². The lowest BCUT2D eigenvalue weighted by molar-refractivity contribution is 0.0697. The fourth-order valence-electron chi connectivity index (χ4n) is 1.55. The number of urea groups is 1. The summed E-state index contributed by atoms with van der Waals surface area (Å²) in [7, 11) is 3.27. The largest absolute Gasteiger partial charge is 0.478 e. The molecule has 0 aliphatic heterocycles. The van der Waals surface area contributed by atoms with Gasteiger partial charge < -0.3 is 20.1 Å². The first-order valence-electron chi connectivity index (χ1n) is 6.28. The molecule has 1 rings (SSSR count). The quantitative estimate of drug-likeness (QED) is 0.829. The molecular weight excluding hydrogens is 260 g/mol. The van der Waals surface area contributed by atoms with Gasteiger partial charge in [-0.3, -0.25) is 0 Å². The second kappa shape index (κ2) is 7.49. The number of carbonyl (C=O) groups is 2. The van der Waals surface area contributed by atoms with Crippen LogP contribution < -0.4 is 5.32 Å². The Labute approximate surface area is 118 Å².